The van der Waals surface area contributed by atoms with Crippen LogP contribution < -0.4 is 0 Å². The lowest BCUT2D eigenvalue weighted by Crippen LogP contribution is -2.46. The number of likely N-dealkylation sites (tertiary alicyclic amines) is 1. The zero-order chi connectivity index (χ0) is 23.7. The van der Waals surface area contributed by atoms with Gasteiger partial charge in [-0.05, 0) is 59.9 Å². The molecule has 0 radical (unpaired) electrons. The van der Waals surface area contributed by atoms with Gasteiger partial charge in [-0.3, -0.25) is 9.69 Å². The zero-order valence-corrected chi connectivity index (χ0v) is 19.5. The third kappa shape index (κ3) is 4.81. The second-order valence-corrected chi connectivity index (χ2v) is 9.87. The summed E-state index contributed by atoms with van der Waals surface area (Å²) in [6.07, 6.45) is 2.00. The number of carbonyl (C=O) groups is 2. The SMILES string of the molecule is O=C(O)N1CCC(c2ccc3c(c2)CCN(CC(O)CN2CCc4ccccc4C2)C3=O)CC1. The van der Waals surface area contributed by atoms with Crippen molar-refractivity contribution in [2.75, 3.05) is 39.3 Å². The quantitative estimate of drug-likeness (QED) is 0.712. The fourth-order valence-electron chi connectivity index (χ4n) is 5.71. The van der Waals surface area contributed by atoms with Crippen LogP contribution in [0.5, 0.6) is 0 Å². The number of hydrogen-bond acceptors (Lipinski definition) is 4. The van der Waals surface area contributed by atoms with Crippen LogP contribution in [0.2, 0.25) is 0 Å². The summed E-state index contributed by atoms with van der Waals surface area (Å²) in [6, 6.07) is 14.6. The van der Waals surface area contributed by atoms with Gasteiger partial charge in [-0.2, -0.15) is 0 Å². The molecule has 34 heavy (non-hydrogen) atoms. The highest BCUT2D eigenvalue weighted by Gasteiger charge is 2.29. The summed E-state index contributed by atoms with van der Waals surface area (Å²) in [7, 11) is 0. The maximum atomic E-state index is 13.1. The van der Waals surface area contributed by atoms with Crippen molar-refractivity contribution in [3.63, 3.8) is 0 Å². The molecule has 2 N–H and O–H groups in total. The van der Waals surface area contributed by atoms with E-state index in [0.717, 1.165) is 49.9 Å². The van der Waals surface area contributed by atoms with Gasteiger partial charge in [-0.25, -0.2) is 4.79 Å². The molecule has 0 aliphatic carbocycles. The molecular weight excluding hydrogens is 430 g/mol. The second kappa shape index (κ2) is 9.76. The summed E-state index contributed by atoms with van der Waals surface area (Å²) >= 11 is 0. The Morgan fingerprint density at radius 3 is 2.44 bits per heavy atom. The predicted molar refractivity (Wildman–Crippen MR) is 129 cm³/mol. The molecule has 2 amide bonds. The van der Waals surface area contributed by atoms with Gasteiger partial charge in [0, 0.05) is 51.4 Å². The number of rotatable bonds is 5. The molecule has 2 aromatic carbocycles. The Kier molecular flexibility index (Phi) is 6.57. The molecule has 0 aromatic heterocycles. The maximum absolute atomic E-state index is 13.1. The van der Waals surface area contributed by atoms with Gasteiger partial charge in [0.1, 0.15) is 0 Å². The molecule has 7 heteroatoms. The normalized spacial score (nSPS) is 20.1. The molecule has 3 aliphatic rings. The van der Waals surface area contributed by atoms with Crippen LogP contribution in [0, 0.1) is 0 Å². The molecule has 7 nitrogen and oxygen atoms in total. The van der Waals surface area contributed by atoms with Crippen molar-refractivity contribution in [1.82, 2.24) is 14.7 Å². The van der Waals surface area contributed by atoms with Gasteiger partial charge < -0.3 is 20.0 Å². The first-order chi connectivity index (χ1) is 16.5. The second-order valence-electron chi connectivity index (χ2n) is 9.87. The molecule has 1 unspecified atom stereocenters. The van der Waals surface area contributed by atoms with E-state index in [9.17, 15) is 14.7 Å². The Morgan fingerprint density at radius 2 is 1.68 bits per heavy atom. The molecule has 3 heterocycles. The van der Waals surface area contributed by atoms with Gasteiger partial charge in [-0.15, -0.1) is 0 Å². The van der Waals surface area contributed by atoms with Gasteiger partial charge >= 0.3 is 6.09 Å². The van der Waals surface area contributed by atoms with E-state index >= 15 is 0 Å². The summed E-state index contributed by atoms with van der Waals surface area (Å²) in [4.78, 5) is 29.8. The van der Waals surface area contributed by atoms with Crippen LogP contribution in [0.1, 0.15) is 51.4 Å². The summed E-state index contributed by atoms with van der Waals surface area (Å²) in [6.45, 7) is 4.43. The van der Waals surface area contributed by atoms with Crippen molar-refractivity contribution in [3.8, 4) is 0 Å². The molecule has 5 rings (SSSR count). The lowest BCUT2D eigenvalue weighted by Gasteiger charge is -2.34. The third-order valence-corrected chi connectivity index (χ3v) is 7.64. The fraction of sp³-hybridized carbons (Fsp3) is 0.481. The number of hydrogen-bond donors (Lipinski definition) is 2. The lowest BCUT2D eigenvalue weighted by molar-refractivity contribution is 0.0492. The van der Waals surface area contributed by atoms with Crippen LogP contribution in [0.25, 0.3) is 0 Å². The first kappa shape index (κ1) is 22.9. The molecule has 0 spiro atoms. The smallest absolute Gasteiger partial charge is 0.407 e. The van der Waals surface area contributed by atoms with Crippen molar-refractivity contribution in [2.24, 2.45) is 0 Å². The molecular formula is C27H33N3O4. The molecule has 0 saturated carbocycles. The van der Waals surface area contributed by atoms with Crippen LogP contribution in [0.3, 0.4) is 0 Å². The van der Waals surface area contributed by atoms with Crippen molar-refractivity contribution >= 4 is 12.0 Å². The van der Waals surface area contributed by atoms with E-state index in [2.05, 4.69) is 35.2 Å². The van der Waals surface area contributed by atoms with Gasteiger partial charge in [0.2, 0.25) is 0 Å². The molecule has 180 valence electrons. The molecule has 0 bridgehead atoms. The van der Waals surface area contributed by atoms with Crippen molar-refractivity contribution in [1.29, 1.82) is 0 Å². The summed E-state index contributed by atoms with van der Waals surface area (Å²) < 4.78 is 0. The Hall–Kier alpha value is -2.90. The van der Waals surface area contributed by atoms with Gasteiger partial charge in [0.05, 0.1) is 6.10 Å². The van der Waals surface area contributed by atoms with Crippen LogP contribution in [-0.4, -0.2) is 82.3 Å². The number of fused-ring (bicyclic) bond motifs is 2. The van der Waals surface area contributed by atoms with E-state index in [1.165, 1.54) is 21.6 Å². The van der Waals surface area contributed by atoms with E-state index in [1.807, 2.05) is 12.1 Å². The Balaban J connectivity index is 1.17. The van der Waals surface area contributed by atoms with Gasteiger partial charge in [-0.1, -0.05) is 36.4 Å². The number of benzene rings is 2. The minimum Gasteiger partial charge on any atom is -0.465 e. The summed E-state index contributed by atoms with van der Waals surface area (Å²) in [5.74, 6) is 0.335. The van der Waals surface area contributed by atoms with Crippen LogP contribution in [-0.2, 0) is 19.4 Å². The standard InChI is InChI=1S/C27H33N3O4/c31-24(17-28-11-7-19-3-1-2-4-23(19)16-28)18-30-14-10-22-15-21(5-6-25(22)26(30)32)20-8-12-29(13-9-20)27(33)34/h1-6,15,20,24,31H,7-14,16-18H2,(H,33,34). The Labute approximate surface area is 200 Å². The summed E-state index contributed by atoms with van der Waals surface area (Å²) in [5.41, 5.74) is 5.73. The van der Waals surface area contributed by atoms with Gasteiger partial charge in [0.15, 0.2) is 0 Å². The maximum Gasteiger partial charge on any atom is 0.407 e. The first-order valence-electron chi connectivity index (χ1n) is 12.3. The van der Waals surface area contributed by atoms with E-state index in [1.54, 1.807) is 4.90 Å². The van der Waals surface area contributed by atoms with E-state index in [4.69, 9.17) is 5.11 Å². The highest BCUT2D eigenvalue weighted by molar-refractivity contribution is 5.96. The van der Waals surface area contributed by atoms with E-state index in [0.29, 0.717) is 38.6 Å². The average Bonchev–Trinajstić information content (AvgIpc) is 2.85. The number of amides is 2. The number of aliphatic hydroxyl groups excluding tert-OH is 1. The lowest BCUT2D eigenvalue weighted by atomic mass is 9.86. The molecule has 1 atom stereocenters. The highest BCUT2D eigenvalue weighted by Crippen LogP contribution is 2.31. The number of aliphatic hydroxyl groups is 1. The topological polar surface area (TPSA) is 84.3 Å². The van der Waals surface area contributed by atoms with Crippen molar-refractivity contribution in [2.45, 2.75) is 44.2 Å². The van der Waals surface area contributed by atoms with Crippen LogP contribution in [0.15, 0.2) is 42.5 Å². The largest absolute Gasteiger partial charge is 0.465 e. The number of piperidine rings is 1. The molecule has 1 fully saturated rings. The fourth-order valence-corrected chi connectivity index (χ4v) is 5.71. The predicted octanol–water partition coefficient (Wildman–Crippen LogP) is 2.96. The highest BCUT2D eigenvalue weighted by atomic mass is 16.4. The number of nitrogens with zero attached hydrogens (tertiary/aromatic N) is 3. The number of β-amino-alcohol motifs (C(OH)–C–C–N with tert-alkyl or cyclic N) is 1. The van der Waals surface area contributed by atoms with E-state index < -0.39 is 12.2 Å². The first-order valence-corrected chi connectivity index (χ1v) is 12.3. The Bertz CT molecular complexity index is 1060. The average molecular weight is 464 g/mol. The van der Waals surface area contributed by atoms with Crippen LogP contribution >= 0.6 is 0 Å². The minimum absolute atomic E-state index is 0.00321. The number of carboxylic acid groups (broad SMARTS) is 1. The zero-order valence-electron chi connectivity index (χ0n) is 19.5. The van der Waals surface area contributed by atoms with Crippen molar-refractivity contribution < 1.29 is 19.8 Å². The minimum atomic E-state index is -0.845. The van der Waals surface area contributed by atoms with E-state index in [-0.39, 0.29) is 5.91 Å². The van der Waals surface area contributed by atoms with Crippen molar-refractivity contribution in [3.05, 3.63) is 70.3 Å². The summed E-state index contributed by atoms with van der Waals surface area (Å²) in [5, 5.41) is 19.9. The molecule has 3 aliphatic heterocycles. The van der Waals surface area contributed by atoms with Gasteiger partial charge in [0.25, 0.3) is 5.91 Å². The number of carbonyl (C=O) groups excluding carboxylic acids is 1. The monoisotopic (exact) mass is 463 g/mol. The Morgan fingerprint density at radius 1 is 0.941 bits per heavy atom. The van der Waals surface area contributed by atoms with Crippen LogP contribution in [0.4, 0.5) is 4.79 Å². The third-order valence-electron chi connectivity index (χ3n) is 7.64. The molecule has 1 saturated heterocycles. The molecule has 2 aromatic rings.